The van der Waals surface area contributed by atoms with E-state index in [0.717, 1.165) is 16.8 Å². The standard InChI is InChI=1S/C31H36BrN3O4/c1-6-38-26-14-21(13-23(32)29(26)39-18-20-9-7-19(2)8-10-20)27-22(17-33)30(34)35(11-12-37-5)24-15-31(3,4)16-25(36)28(24)27/h7-10,13-14,27H,6,11-12,15-16,18,34H2,1-5H3/t27-/m0/s1. The number of rotatable bonds is 9. The van der Waals surface area contributed by atoms with Crippen LogP contribution in [0, 0.1) is 23.7 Å². The zero-order chi connectivity index (χ0) is 28.3. The molecule has 1 aliphatic heterocycles. The Kier molecular flexibility index (Phi) is 8.73. The smallest absolute Gasteiger partial charge is 0.175 e. The van der Waals surface area contributed by atoms with Crippen LogP contribution in [-0.4, -0.2) is 37.6 Å². The van der Waals surface area contributed by atoms with Gasteiger partial charge in [-0.15, -0.1) is 0 Å². The summed E-state index contributed by atoms with van der Waals surface area (Å²) in [6.45, 7) is 9.80. The normalized spacial score (nSPS) is 18.6. The fourth-order valence-electron chi connectivity index (χ4n) is 5.34. The number of hydrogen-bond donors (Lipinski definition) is 1. The van der Waals surface area contributed by atoms with Crippen LogP contribution in [0.15, 0.2) is 63.5 Å². The van der Waals surface area contributed by atoms with Crippen molar-refractivity contribution in [3.05, 3.63) is 80.2 Å². The predicted octanol–water partition coefficient (Wildman–Crippen LogP) is 6.12. The summed E-state index contributed by atoms with van der Waals surface area (Å²) in [7, 11) is 1.62. The summed E-state index contributed by atoms with van der Waals surface area (Å²) in [5.74, 6) is 0.895. The van der Waals surface area contributed by atoms with Crippen LogP contribution in [0.2, 0.25) is 0 Å². The molecule has 206 valence electrons. The summed E-state index contributed by atoms with van der Waals surface area (Å²) in [6.07, 6.45) is 1.07. The Bertz CT molecular complexity index is 1360. The summed E-state index contributed by atoms with van der Waals surface area (Å²) in [5.41, 5.74) is 11.2. The molecule has 0 amide bonds. The molecule has 0 radical (unpaired) electrons. The van der Waals surface area contributed by atoms with Crippen molar-refractivity contribution in [2.75, 3.05) is 26.9 Å². The van der Waals surface area contributed by atoms with Gasteiger partial charge in [0, 0.05) is 31.3 Å². The van der Waals surface area contributed by atoms with Crippen molar-refractivity contribution in [1.82, 2.24) is 4.90 Å². The average molecular weight is 595 g/mol. The molecular weight excluding hydrogens is 558 g/mol. The third kappa shape index (κ3) is 6.00. The van der Waals surface area contributed by atoms with Crippen LogP contribution in [-0.2, 0) is 16.1 Å². The van der Waals surface area contributed by atoms with E-state index in [0.29, 0.717) is 72.1 Å². The van der Waals surface area contributed by atoms with Gasteiger partial charge in [-0.25, -0.2) is 0 Å². The molecule has 0 spiro atoms. The first-order valence-corrected chi connectivity index (χ1v) is 14.0. The summed E-state index contributed by atoms with van der Waals surface area (Å²) < 4.78 is 18.2. The van der Waals surface area contributed by atoms with Crippen molar-refractivity contribution in [2.45, 2.75) is 53.1 Å². The van der Waals surface area contributed by atoms with Gasteiger partial charge in [-0.05, 0) is 64.9 Å². The minimum Gasteiger partial charge on any atom is -0.490 e. The predicted molar refractivity (Wildman–Crippen MR) is 154 cm³/mol. The maximum Gasteiger partial charge on any atom is 0.175 e. The molecule has 1 aliphatic carbocycles. The van der Waals surface area contributed by atoms with Gasteiger partial charge in [0.25, 0.3) is 0 Å². The van der Waals surface area contributed by atoms with Crippen molar-refractivity contribution in [3.8, 4) is 17.6 Å². The molecule has 2 aromatic rings. The third-order valence-corrected chi connectivity index (χ3v) is 7.76. The molecule has 0 aromatic heterocycles. The molecule has 4 rings (SSSR count). The molecule has 1 heterocycles. The molecule has 2 N–H and O–H groups in total. The number of halogens is 1. The summed E-state index contributed by atoms with van der Waals surface area (Å²) in [6, 6.07) is 14.3. The van der Waals surface area contributed by atoms with Crippen molar-refractivity contribution >= 4 is 21.7 Å². The van der Waals surface area contributed by atoms with E-state index < -0.39 is 5.92 Å². The fourth-order valence-corrected chi connectivity index (χ4v) is 5.92. The molecule has 7 nitrogen and oxygen atoms in total. The highest BCUT2D eigenvalue weighted by molar-refractivity contribution is 9.10. The number of methoxy groups -OCH3 is 1. The number of ketones is 1. The molecule has 0 bridgehead atoms. The van der Waals surface area contributed by atoms with Crippen molar-refractivity contribution in [1.29, 1.82) is 5.26 Å². The molecule has 0 saturated carbocycles. The number of ether oxygens (including phenoxy) is 3. The Hall–Kier alpha value is -3.28. The van der Waals surface area contributed by atoms with Crippen LogP contribution in [0.5, 0.6) is 11.5 Å². The SMILES string of the molecule is CCOc1cc([C@H]2C(C#N)=C(N)N(CCOC)C3=C2C(=O)CC(C)(C)C3)cc(Br)c1OCc1ccc(C)cc1. The van der Waals surface area contributed by atoms with E-state index in [1.165, 1.54) is 5.56 Å². The summed E-state index contributed by atoms with van der Waals surface area (Å²) >= 11 is 3.68. The van der Waals surface area contributed by atoms with Gasteiger partial charge in [0.2, 0.25) is 0 Å². The zero-order valence-corrected chi connectivity index (χ0v) is 24.9. The molecule has 1 atom stereocenters. The lowest BCUT2D eigenvalue weighted by atomic mass is 9.68. The van der Waals surface area contributed by atoms with Crippen LogP contribution < -0.4 is 15.2 Å². The number of benzene rings is 2. The van der Waals surface area contributed by atoms with Gasteiger partial charge >= 0.3 is 0 Å². The Morgan fingerprint density at radius 1 is 1.18 bits per heavy atom. The zero-order valence-electron chi connectivity index (χ0n) is 23.3. The van der Waals surface area contributed by atoms with Crippen LogP contribution in [0.4, 0.5) is 0 Å². The molecule has 2 aromatic carbocycles. The Morgan fingerprint density at radius 2 is 1.90 bits per heavy atom. The van der Waals surface area contributed by atoms with Gasteiger partial charge in [-0.2, -0.15) is 5.26 Å². The number of nitrogens with zero attached hydrogens (tertiary/aromatic N) is 2. The van der Waals surface area contributed by atoms with E-state index in [4.69, 9.17) is 19.9 Å². The first-order valence-electron chi connectivity index (χ1n) is 13.2. The van der Waals surface area contributed by atoms with Crippen LogP contribution in [0.1, 0.15) is 56.2 Å². The van der Waals surface area contributed by atoms with E-state index in [1.54, 1.807) is 7.11 Å². The number of carbonyl (C=O) groups excluding carboxylic acids is 1. The second-order valence-corrected chi connectivity index (χ2v) is 11.7. The van der Waals surface area contributed by atoms with Crippen LogP contribution >= 0.6 is 15.9 Å². The number of carbonyl (C=O) groups is 1. The number of Topliss-reactive ketones (excluding diaryl/α,β-unsaturated/α-hetero) is 1. The first-order chi connectivity index (χ1) is 18.6. The lowest BCUT2D eigenvalue weighted by Crippen LogP contribution is -2.43. The lowest BCUT2D eigenvalue weighted by Gasteiger charge is -2.43. The minimum atomic E-state index is -0.603. The maximum atomic E-state index is 13.7. The van der Waals surface area contributed by atoms with Gasteiger partial charge < -0.3 is 24.8 Å². The van der Waals surface area contributed by atoms with Crippen LogP contribution in [0.3, 0.4) is 0 Å². The number of hydrogen-bond acceptors (Lipinski definition) is 7. The van der Waals surface area contributed by atoms with Gasteiger partial charge in [0.15, 0.2) is 17.3 Å². The van der Waals surface area contributed by atoms with Crippen molar-refractivity contribution < 1.29 is 19.0 Å². The first kappa shape index (κ1) is 28.7. The quantitative estimate of drug-likeness (QED) is 0.374. The van der Waals surface area contributed by atoms with Gasteiger partial charge in [-0.1, -0.05) is 43.7 Å². The fraction of sp³-hybridized carbons (Fsp3) is 0.419. The Balaban J connectivity index is 1.81. The second kappa shape index (κ2) is 11.8. The van der Waals surface area contributed by atoms with E-state index in [-0.39, 0.29) is 11.2 Å². The second-order valence-electron chi connectivity index (χ2n) is 10.8. The Labute approximate surface area is 239 Å². The topological polar surface area (TPSA) is 97.8 Å². The highest BCUT2D eigenvalue weighted by atomic mass is 79.9. The van der Waals surface area contributed by atoms with Crippen LogP contribution in [0.25, 0.3) is 0 Å². The highest BCUT2D eigenvalue weighted by Crippen LogP contribution is 2.50. The monoisotopic (exact) mass is 593 g/mol. The minimum absolute atomic E-state index is 0.0303. The molecule has 8 heteroatoms. The average Bonchev–Trinajstić information content (AvgIpc) is 2.87. The van der Waals surface area contributed by atoms with Crippen molar-refractivity contribution in [3.63, 3.8) is 0 Å². The molecule has 0 fully saturated rings. The van der Waals surface area contributed by atoms with E-state index in [9.17, 15) is 10.1 Å². The van der Waals surface area contributed by atoms with E-state index in [1.807, 2.05) is 55.1 Å². The number of aryl methyl sites for hydroxylation is 1. The number of nitrogens with two attached hydrogens (primary N) is 1. The van der Waals surface area contributed by atoms with Gasteiger partial charge in [0.1, 0.15) is 12.4 Å². The van der Waals surface area contributed by atoms with Crippen molar-refractivity contribution in [2.24, 2.45) is 11.1 Å². The Morgan fingerprint density at radius 3 is 2.54 bits per heavy atom. The van der Waals surface area contributed by atoms with E-state index >= 15 is 0 Å². The number of allylic oxidation sites excluding steroid dienone is 3. The van der Waals surface area contributed by atoms with Gasteiger partial charge in [-0.3, -0.25) is 4.79 Å². The third-order valence-electron chi connectivity index (χ3n) is 7.17. The molecular formula is C31H36BrN3O4. The molecule has 2 aliphatic rings. The van der Waals surface area contributed by atoms with E-state index in [2.05, 4.69) is 35.8 Å². The largest absolute Gasteiger partial charge is 0.490 e. The maximum absolute atomic E-state index is 13.7. The molecule has 39 heavy (non-hydrogen) atoms. The molecule has 0 unspecified atom stereocenters. The highest BCUT2D eigenvalue weighted by Gasteiger charge is 2.44. The summed E-state index contributed by atoms with van der Waals surface area (Å²) in [5, 5.41) is 10.3. The number of nitriles is 1. The molecule has 0 saturated heterocycles. The summed E-state index contributed by atoms with van der Waals surface area (Å²) in [4.78, 5) is 15.6. The lowest BCUT2D eigenvalue weighted by molar-refractivity contribution is -0.118. The van der Waals surface area contributed by atoms with Gasteiger partial charge in [0.05, 0.1) is 35.2 Å².